The predicted molar refractivity (Wildman–Crippen MR) is 248 cm³/mol. The molecule has 354 valence electrons. The highest BCUT2D eigenvalue weighted by Crippen LogP contribution is 2.52. The van der Waals surface area contributed by atoms with Gasteiger partial charge in [-0.3, -0.25) is 19.2 Å². The van der Waals surface area contributed by atoms with Gasteiger partial charge in [0.2, 0.25) is 5.78 Å². The minimum Gasteiger partial charge on any atom is -0.507 e. The lowest BCUT2D eigenvalue weighted by Crippen LogP contribution is -2.55. The topological polar surface area (TPSA) is 217 Å². The fourth-order valence-corrected chi connectivity index (χ4v) is 9.49. The summed E-state index contributed by atoms with van der Waals surface area (Å²) in [4.78, 5) is 54.2. The van der Waals surface area contributed by atoms with E-state index >= 15 is 0 Å². The molecule has 15 heteroatoms. The molecular weight excluding hydrogens is 875 g/mol. The van der Waals surface area contributed by atoms with Crippen LogP contribution >= 0.6 is 0 Å². The number of ether oxygens (including phenoxy) is 6. The van der Waals surface area contributed by atoms with Crippen LogP contribution in [0.2, 0.25) is 0 Å². The summed E-state index contributed by atoms with van der Waals surface area (Å²) in [5.74, 6) is -2.34. The summed E-state index contributed by atoms with van der Waals surface area (Å²) in [6.45, 7) is 4.53. The van der Waals surface area contributed by atoms with E-state index in [9.17, 15) is 39.6 Å². The number of nitrogens with one attached hydrogen (secondary N) is 1. The van der Waals surface area contributed by atoms with Crippen molar-refractivity contribution in [2.24, 2.45) is 0 Å². The molecule has 1 heterocycles. The zero-order chi connectivity index (χ0) is 48.6. The first kappa shape index (κ1) is 47.6. The molecule has 8 rings (SSSR count). The van der Waals surface area contributed by atoms with E-state index in [1.165, 1.54) is 32.2 Å². The van der Waals surface area contributed by atoms with Gasteiger partial charge in [0, 0.05) is 42.0 Å². The van der Waals surface area contributed by atoms with Gasteiger partial charge in [-0.2, -0.15) is 0 Å². The van der Waals surface area contributed by atoms with Gasteiger partial charge >= 0.3 is 5.97 Å². The van der Waals surface area contributed by atoms with Crippen molar-refractivity contribution in [3.05, 3.63) is 141 Å². The Bertz CT molecular complexity index is 2800. The van der Waals surface area contributed by atoms with E-state index in [1.807, 2.05) is 60.7 Å². The van der Waals surface area contributed by atoms with Gasteiger partial charge in [-0.25, -0.2) is 0 Å². The van der Waals surface area contributed by atoms with Gasteiger partial charge in [-0.1, -0.05) is 55.5 Å². The standard InChI is InChI=1S/C53H53NO14/c1-7-35(29-11-17-32(63-4)18-12-29)43(30-13-19-33(64-5)20-14-30)31-15-21-34(22-16-31)67-41(56)26-54-38-23-42(66-27(2)48(38)57)68-40-25-53(62,28(3)55)24-37-45(40)52(61)47-46(50(37)59)49(58)36-9-8-10-39(65-6)44(36)51(47)60/h8-22,27,38,40,42,48,54,57,59,61-62H,7,23-26H2,1-6H3/b43-35-/t27-,38-,40-,42-,48+,53-/m0/s1. The Balaban J connectivity index is 1.00. The van der Waals surface area contributed by atoms with Gasteiger partial charge in [-0.05, 0) is 90.6 Å². The number of esters is 1. The number of Topliss-reactive ketones (excluding diaryl/α,β-unsaturated/α-hetero) is 1. The molecule has 2 aliphatic carbocycles. The number of ketones is 3. The smallest absolute Gasteiger partial charge is 0.325 e. The van der Waals surface area contributed by atoms with Crippen LogP contribution in [0.1, 0.15) is 106 Å². The number of rotatable bonds is 14. The third-order valence-electron chi connectivity index (χ3n) is 13.1. The lowest BCUT2D eigenvalue weighted by atomic mass is 9.72. The average molecular weight is 928 g/mol. The maximum atomic E-state index is 14.0. The van der Waals surface area contributed by atoms with Crippen LogP contribution in [0.25, 0.3) is 11.1 Å². The van der Waals surface area contributed by atoms with Gasteiger partial charge in [0.05, 0.1) is 62.9 Å². The average Bonchev–Trinajstić information content (AvgIpc) is 3.34. The number of benzene rings is 5. The summed E-state index contributed by atoms with van der Waals surface area (Å²) >= 11 is 0. The first-order chi connectivity index (χ1) is 32.6. The first-order valence-corrected chi connectivity index (χ1v) is 22.3. The van der Waals surface area contributed by atoms with Crippen LogP contribution in [-0.2, 0) is 25.5 Å². The molecule has 5 N–H and O–H groups in total. The molecule has 5 aromatic rings. The van der Waals surface area contributed by atoms with Crippen molar-refractivity contribution in [3.63, 3.8) is 0 Å². The number of hydrogen-bond donors (Lipinski definition) is 5. The molecule has 1 saturated heterocycles. The molecule has 0 radical (unpaired) electrons. The molecule has 0 amide bonds. The highest BCUT2D eigenvalue weighted by molar-refractivity contribution is 6.31. The van der Waals surface area contributed by atoms with E-state index in [2.05, 4.69) is 12.2 Å². The maximum absolute atomic E-state index is 14.0. The van der Waals surface area contributed by atoms with Crippen LogP contribution < -0.4 is 24.3 Å². The van der Waals surface area contributed by atoms with Crippen molar-refractivity contribution in [1.29, 1.82) is 0 Å². The molecule has 0 bridgehead atoms. The number of fused-ring (bicyclic) bond motifs is 3. The number of hydrogen-bond acceptors (Lipinski definition) is 15. The van der Waals surface area contributed by atoms with Crippen LogP contribution in [-0.4, -0.2) is 102 Å². The first-order valence-electron chi connectivity index (χ1n) is 22.3. The van der Waals surface area contributed by atoms with Gasteiger partial charge < -0.3 is 54.2 Å². The van der Waals surface area contributed by atoms with Crippen molar-refractivity contribution in [1.82, 2.24) is 5.32 Å². The molecule has 6 atom stereocenters. The highest BCUT2D eigenvalue weighted by atomic mass is 16.7. The summed E-state index contributed by atoms with van der Waals surface area (Å²) < 4.78 is 34.3. The normalized spacial score (nSPS) is 22.3. The molecule has 15 nitrogen and oxygen atoms in total. The fraction of sp³-hybridized carbons (Fsp3) is 0.321. The molecule has 0 spiro atoms. The van der Waals surface area contributed by atoms with E-state index in [0.29, 0.717) is 5.75 Å². The zero-order valence-electron chi connectivity index (χ0n) is 38.5. The van der Waals surface area contributed by atoms with Gasteiger partial charge in [0.1, 0.15) is 40.1 Å². The molecule has 1 fully saturated rings. The van der Waals surface area contributed by atoms with Crippen LogP contribution in [0, 0.1) is 0 Å². The van der Waals surface area contributed by atoms with Gasteiger partial charge in [0.25, 0.3) is 0 Å². The van der Waals surface area contributed by atoms with Crippen molar-refractivity contribution >= 4 is 34.5 Å². The minimum absolute atomic E-state index is 0.0515. The molecular formula is C53H53NO14. The van der Waals surface area contributed by atoms with Crippen LogP contribution in [0.4, 0.5) is 0 Å². The van der Waals surface area contributed by atoms with Crippen LogP contribution in [0.3, 0.4) is 0 Å². The number of carbonyl (C=O) groups is 4. The quantitative estimate of drug-likeness (QED) is 0.0335. The fourth-order valence-electron chi connectivity index (χ4n) is 9.49. The zero-order valence-corrected chi connectivity index (χ0v) is 38.5. The van der Waals surface area contributed by atoms with Gasteiger partial charge in [0.15, 0.2) is 17.9 Å². The second-order valence-electron chi connectivity index (χ2n) is 17.1. The molecule has 1 aliphatic heterocycles. The Morgan fingerprint density at radius 3 is 1.94 bits per heavy atom. The Kier molecular flexibility index (Phi) is 13.6. The Morgan fingerprint density at radius 1 is 0.779 bits per heavy atom. The number of allylic oxidation sites excluding steroid dienone is 1. The lowest BCUT2D eigenvalue weighted by molar-refractivity contribution is -0.249. The maximum Gasteiger partial charge on any atom is 0.325 e. The number of carbonyl (C=O) groups excluding carboxylic acids is 4. The number of aromatic hydroxyl groups is 2. The molecule has 5 aromatic carbocycles. The number of methoxy groups -OCH3 is 3. The van der Waals surface area contributed by atoms with Crippen LogP contribution in [0.5, 0.6) is 34.5 Å². The summed E-state index contributed by atoms with van der Waals surface area (Å²) in [6, 6.07) is 26.5. The molecule has 0 saturated carbocycles. The Labute approximate surface area is 392 Å². The van der Waals surface area contributed by atoms with E-state index in [0.717, 1.165) is 45.8 Å². The van der Waals surface area contributed by atoms with E-state index in [4.69, 9.17) is 28.4 Å². The summed E-state index contributed by atoms with van der Waals surface area (Å²) in [5, 5.41) is 49.5. The van der Waals surface area contributed by atoms with Crippen molar-refractivity contribution < 1.29 is 68.0 Å². The number of aliphatic hydroxyl groups is 2. The Hall–Kier alpha value is -6.88. The predicted octanol–water partition coefficient (Wildman–Crippen LogP) is 6.65. The van der Waals surface area contributed by atoms with Crippen molar-refractivity contribution in [2.75, 3.05) is 27.9 Å². The monoisotopic (exact) mass is 927 g/mol. The SMILES string of the molecule is CC/C(=C(\c1ccc(OC)cc1)c1ccc(OC(=O)CN[C@H]2C[C@H](O[C@H]3C[C@](O)(C(C)=O)Cc4c(O)c5c(c(O)c43)C(=O)c3c(OC)cccc3C5=O)O[C@@H](C)[C@H]2O)cc1)c1ccc(OC)cc1. The number of phenols is 2. The summed E-state index contributed by atoms with van der Waals surface area (Å²) in [6.07, 6.45) is -4.77. The second kappa shape index (κ2) is 19.4. The highest BCUT2D eigenvalue weighted by Gasteiger charge is 2.49. The Morgan fingerprint density at radius 2 is 1.37 bits per heavy atom. The van der Waals surface area contributed by atoms with Crippen molar-refractivity contribution in [3.8, 4) is 34.5 Å². The molecule has 0 aromatic heterocycles. The second-order valence-corrected chi connectivity index (χ2v) is 17.1. The number of aliphatic hydroxyl groups excluding tert-OH is 1. The van der Waals surface area contributed by atoms with Crippen LogP contribution in [0.15, 0.2) is 91.0 Å². The van der Waals surface area contributed by atoms with Crippen molar-refractivity contribution in [2.45, 2.75) is 82.7 Å². The van der Waals surface area contributed by atoms with Gasteiger partial charge in [-0.15, -0.1) is 0 Å². The summed E-state index contributed by atoms with van der Waals surface area (Å²) in [5.41, 5.74) is 1.51. The summed E-state index contributed by atoms with van der Waals surface area (Å²) in [7, 11) is 4.57. The van der Waals surface area contributed by atoms with E-state index in [-0.39, 0.29) is 41.0 Å². The lowest BCUT2D eigenvalue weighted by Gasteiger charge is -2.42. The molecule has 3 aliphatic rings. The largest absolute Gasteiger partial charge is 0.507 e. The molecule has 0 unspecified atom stereocenters. The number of phenolic OH excluding ortho intramolecular Hbond substituents is 2. The molecule has 68 heavy (non-hydrogen) atoms. The minimum atomic E-state index is -2.11. The third-order valence-corrected chi connectivity index (χ3v) is 13.1. The van der Waals surface area contributed by atoms with E-state index < -0.39 is 95.0 Å². The van der Waals surface area contributed by atoms with E-state index in [1.54, 1.807) is 33.3 Å². The third kappa shape index (κ3) is 8.86.